The zero-order chi connectivity index (χ0) is 40.3. The topological polar surface area (TPSA) is 134 Å². The van der Waals surface area contributed by atoms with Crippen LogP contribution in [0.3, 0.4) is 0 Å². The molecule has 10 heteroatoms. The molecule has 0 aliphatic heterocycles. The van der Waals surface area contributed by atoms with Crippen molar-refractivity contribution in [3.63, 3.8) is 0 Å². The lowest BCUT2D eigenvalue weighted by molar-refractivity contribution is -0.161. The van der Waals surface area contributed by atoms with Gasteiger partial charge < -0.3 is 20.1 Å². The summed E-state index contributed by atoms with van der Waals surface area (Å²) >= 11 is 0. The fourth-order valence-corrected chi connectivity index (χ4v) is 6.14. The third kappa shape index (κ3) is 40.9. The number of nitrogens with two attached hydrogens (primary N) is 1. The highest BCUT2D eigenvalue weighted by molar-refractivity contribution is 7.47. The molecule has 316 valence electrons. The number of phosphoric acid groups is 1. The number of carbonyl (C=O) groups is 2. The Morgan fingerprint density at radius 2 is 0.982 bits per heavy atom. The Kier molecular flexibility index (Phi) is 39.2. The highest BCUT2D eigenvalue weighted by atomic mass is 31.2. The molecule has 0 fully saturated rings. The molecule has 0 heterocycles. The van der Waals surface area contributed by atoms with E-state index in [0.717, 1.165) is 44.9 Å². The van der Waals surface area contributed by atoms with Crippen LogP contribution in [0.1, 0.15) is 168 Å². The summed E-state index contributed by atoms with van der Waals surface area (Å²) in [6.07, 6.45) is 49.5. The standard InChI is InChI=1S/C45H78NO8P/c1-3-5-7-9-11-13-15-17-19-20-21-22-24-26-28-30-32-34-36-38-45(48)54-43(42-53-55(49,50)52-40-39-46)41-51-44(47)37-35-33-31-29-27-25-23-18-16-14-12-10-8-6-4-2/h11,13,17,19,21-22,26-29,32,34,43H,3-10,12,14-16,18,20,23-25,30-31,33,35-42,46H2,1-2H3,(H,49,50)/b13-11+,19-17+,22-21+,28-26+,29-27+,34-32+/t43-/m1/s1. The van der Waals surface area contributed by atoms with Crippen LogP contribution in [0.5, 0.6) is 0 Å². The molecule has 0 bridgehead atoms. The van der Waals surface area contributed by atoms with Gasteiger partial charge in [0.05, 0.1) is 13.2 Å². The van der Waals surface area contributed by atoms with Crippen molar-refractivity contribution in [2.45, 2.75) is 174 Å². The fourth-order valence-electron chi connectivity index (χ4n) is 5.37. The van der Waals surface area contributed by atoms with Gasteiger partial charge in [-0.25, -0.2) is 4.57 Å². The molecule has 0 aromatic rings. The van der Waals surface area contributed by atoms with Crippen molar-refractivity contribution in [2.24, 2.45) is 5.73 Å². The van der Waals surface area contributed by atoms with E-state index >= 15 is 0 Å². The maximum absolute atomic E-state index is 12.5. The largest absolute Gasteiger partial charge is 0.472 e. The Morgan fingerprint density at radius 3 is 1.53 bits per heavy atom. The molecule has 0 aliphatic rings. The number of hydrogen-bond donors (Lipinski definition) is 2. The first-order chi connectivity index (χ1) is 26.8. The minimum absolute atomic E-state index is 0.0367. The number of rotatable bonds is 39. The molecule has 0 aliphatic carbocycles. The molecule has 0 saturated heterocycles. The summed E-state index contributed by atoms with van der Waals surface area (Å²) in [7, 11) is -4.40. The predicted octanol–water partition coefficient (Wildman–Crippen LogP) is 12.3. The van der Waals surface area contributed by atoms with Gasteiger partial charge in [-0.15, -0.1) is 0 Å². The molecule has 0 radical (unpaired) electrons. The predicted molar refractivity (Wildman–Crippen MR) is 229 cm³/mol. The fraction of sp³-hybridized carbons (Fsp3) is 0.689. The summed E-state index contributed by atoms with van der Waals surface area (Å²) in [6, 6.07) is 0. The number of hydrogen-bond acceptors (Lipinski definition) is 8. The average molecular weight is 792 g/mol. The molecule has 9 nitrogen and oxygen atoms in total. The molecule has 0 aromatic carbocycles. The number of phosphoric ester groups is 1. The van der Waals surface area contributed by atoms with Gasteiger partial charge in [-0.05, 0) is 77.0 Å². The molecule has 55 heavy (non-hydrogen) atoms. The van der Waals surface area contributed by atoms with Gasteiger partial charge in [0.25, 0.3) is 0 Å². The quantitative estimate of drug-likeness (QED) is 0.0270. The van der Waals surface area contributed by atoms with E-state index in [4.69, 9.17) is 24.3 Å². The third-order valence-corrected chi connectivity index (χ3v) is 9.56. The Balaban J connectivity index is 4.34. The molecule has 0 spiro atoms. The molecule has 0 aromatic heterocycles. The van der Waals surface area contributed by atoms with Gasteiger partial charge >= 0.3 is 19.8 Å². The SMILES string of the molecule is CCCCC/C=C/C/C=C/C/C=C/C/C=C/C/C=C/CCC(=O)O[C@H](COC(=O)CCCC/C=C/CCCCCCCCCCC)COP(=O)(O)OCCN. The minimum Gasteiger partial charge on any atom is -0.462 e. The zero-order valence-corrected chi connectivity index (χ0v) is 35.5. The number of allylic oxidation sites excluding steroid dienone is 12. The third-order valence-electron chi connectivity index (χ3n) is 8.58. The van der Waals surface area contributed by atoms with Crippen LogP contribution in [0.4, 0.5) is 0 Å². The summed E-state index contributed by atoms with van der Waals surface area (Å²) in [5.74, 6) is -0.956. The van der Waals surface area contributed by atoms with Crippen molar-refractivity contribution < 1.29 is 37.6 Å². The van der Waals surface area contributed by atoms with Crippen LogP contribution >= 0.6 is 7.82 Å². The number of esters is 2. The molecular weight excluding hydrogens is 713 g/mol. The molecule has 0 saturated carbocycles. The number of carbonyl (C=O) groups excluding carboxylic acids is 2. The van der Waals surface area contributed by atoms with E-state index in [1.807, 2.05) is 12.2 Å². The van der Waals surface area contributed by atoms with Gasteiger partial charge in [0.2, 0.25) is 0 Å². The van der Waals surface area contributed by atoms with E-state index < -0.39 is 32.5 Å². The number of unbranched alkanes of at least 4 members (excludes halogenated alkanes) is 14. The monoisotopic (exact) mass is 792 g/mol. The van der Waals surface area contributed by atoms with E-state index in [9.17, 15) is 19.0 Å². The highest BCUT2D eigenvalue weighted by Gasteiger charge is 2.25. The summed E-state index contributed by atoms with van der Waals surface area (Å²) in [6.45, 7) is 3.58. The van der Waals surface area contributed by atoms with Crippen molar-refractivity contribution in [3.8, 4) is 0 Å². The van der Waals surface area contributed by atoms with Gasteiger partial charge in [0, 0.05) is 19.4 Å². The zero-order valence-electron chi connectivity index (χ0n) is 34.6. The van der Waals surface area contributed by atoms with Crippen LogP contribution in [-0.2, 0) is 32.7 Å². The molecule has 1 unspecified atom stereocenters. The van der Waals surface area contributed by atoms with E-state index in [1.165, 1.54) is 83.5 Å². The van der Waals surface area contributed by atoms with Crippen LogP contribution < -0.4 is 5.73 Å². The summed E-state index contributed by atoms with van der Waals surface area (Å²) in [5.41, 5.74) is 5.34. The molecule has 0 amide bonds. The van der Waals surface area contributed by atoms with Gasteiger partial charge in [-0.2, -0.15) is 0 Å². The first-order valence-electron chi connectivity index (χ1n) is 21.4. The minimum atomic E-state index is -4.40. The first-order valence-corrected chi connectivity index (χ1v) is 22.9. The summed E-state index contributed by atoms with van der Waals surface area (Å²) in [5, 5.41) is 0. The van der Waals surface area contributed by atoms with Crippen molar-refractivity contribution in [3.05, 3.63) is 72.9 Å². The van der Waals surface area contributed by atoms with Crippen LogP contribution in [0.25, 0.3) is 0 Å². The second-order valence-electron chi connectivity index (χ2n) is 13.8. The average Bonchev–Trinajstić information content (AvgIpc) is 3.17. The second-order valence-corrected chi connectivity index (χ2v) is 15.3. The maximum Gasteiger partial charge on any atom is 0.472 e. The van der Waals surface area contributed by atoms with Gasteiger partial charge in [0.1, 0.15) is 6.61 Å². The molecule has 0 rings (SSSR count). The lowest BCUT2D eigenvalue weighted by Gasteiger charge is -2.19. The maximum atomic E-state index is 12.5. The Hall–Kier alpha value is -2.55. The Bertz CT molecular complexity index is 1130. The first kappa shape index (κ1) is 52.5. The smallest absolute Gasteiger partial charge is 0.462 e. The normalized spacial score (nSPS) is 14.0. The summed E-state index contributed by atoms with van der Waals surface area (Å²) < 4.78 is 32.6. The second kappa shape index (κ2) is 41.1. The summed E-state index contributed by atoms with van der Waals surface area (Å²) in [4.78, 5) is 34.8. The van der Waals surface area contributed by atoms with Gasteiger partial charge in [-0.1, -0.05) is 151 Å². The number of ether oxygens (including phenoxy) is 2. The van der Waals surface area contributed by atoms with Crippen LogP contribution in [0.2, 0.25) is 0 Å². The van der Waals surface area contributed by atoms with E-state index in [-0.39, 0.29) is 32.6 Å². The van der Waals surface area contributed by atoms with E-state index in [1.54, 1.807) is 0 Å². The van der Waals surface area contributed by atoms with E-state index in [2.05, 4.69) is 74.6 Å². The lowest BCUT2D eigenvalue weighted by Crippen LogP contribution is -2.29. The van der Waals surface area contributed by atoms with Gasteiger partial charge in [0.15, 0.2) is 6.10 Å². The van der Waals surface area contributed by atoms with Crippen molar-refractivity contribution >= 4 is 19.8 Å². The Labute approximate surface area is 335 Å². The lowest BCUT2D eigenvalue weighted by atomic mass is 10.1. The van der Waals surface area contributed by atoms with Crippen LogP contribution in [0.15, 0.2) is 72.9 Å². The van der Waals surface area contributed by atoms with Gasteiger partial charge in [-0.3, -0.25) is 18.6 Å². The Morgan fingerprint density at radius 1 is 0.545 bits per heavy atom. The van der Waals surface area contributed by atoms with Crippen molar-refractivity contribution in [2.75, 3.05) is 26.4 Å². The molecule has 3 N–H and O–H groups in total. The highest BCUT2D eigenvalue weighted by Crippen LogP contribution is 2.43. The van der Waals surface area contributed by atoms with Crippen molar-refractivity contribution in [1.29, 1.82) is 0 Å². The molecule has 2 atom stereocenters. The molecular formula is C45H78NO8P. The van der Waals surface area contributed by atoms with Crippen LogP contribution in [-0.4, -0.2) is 49.3 Å². The van der Waals surface area contributed by atoms with E-state index in [0.29, 0.717) is 12.8 Å². The van der Waals surface area contributed by atoms with Crippen molar-refractivity contribution in [1.82, 2.24) is 0 Å². The van der Waals surface area contributed by atoms with Crippen LogP contribution in [0, 0.1) is 0 Å².